The third-order valence-corrected chi connectivity index (χ3v) is 10.2. The van der Waals surface area contributed by atoms with Gasteiger partial charge in [-0.25, -0.2) is 0 Å². The molecule has 1 aliphatic heterocycles. The lowest BCUT2D eigenvalue weighted by molar-refractivity contribution is 0.0383. The van der Waals surface area contributed by atoms with Gasteiger partial charge >= 0.3 is 0 Å². The summed E-state index contributed by atoms with van der Waals surface area (Å²) in [4.78, 5) is 46.9. The van der Waals surface area contributed by atoms with Crippen LogP contribution in [0, 0.1) is 0 Å². The highest BCUT2D eigenvalue weighted by atomic mass is 16.5. The molecule has 1 aliphatic rings. The predicted molar refractivity (Wildman–Crippen MR) is 230 cm³/mol. The molecule has 0 saturated carbocycles. The molecule has 5 heterocycles. The highest BCUT2D eigenvalue weighted by Gasteiger charge is 2.19. The van der Waals surface area contributed by atoms with E-state index in [0.717, 1.165) is 49.6 Å². The van der Waals surface area contributed by atoms with E-state index in [1.165, 1.54) is 11.8 Å². The first-order valence-electron chi connectivity index (χ1n) is 20.1. The molecule has 4 aromatic heterocycles. The van der Waals surface area contributed by atoms with Crippen LogP contribution in [-0.4, -0.2) is 98.2 Å². The molecule has 6 aromatic rings. The van der Waals surface area contributed by atoms with Gasteiger partial charge in [0.2, 0.25) is 0 Å². The van der Waals surface area contributed by atoms with E-state index in [4.69, 9.17) is 9.47 Å². The summed E-state index contributed by atoms with van der Waals surface area (Å²) in [5, 5.41) is 17.5. The molecular formula is C45H50N10O5. The fourth-order valence-electron chi connectivity index (χ4n) is 6.87. The van der Waals surface area contributed by atoms with E-state index < -0.39 is 5.91 Å². The van der Waals surface area contributed by atoms with Gasteiger partial charge in [0.25, 0.3) is 17.7 Å². The van der Waals surface area contributed by atoms with Gasteiger partial charge in [0.05, 0.1) is 48.6 Å². The SMILES string of the molecule is COc1ccc(/C=C/c2ccc(C(=O)Nc3cc(C(=O)Nc4cc(C(=O)NCCN5CCOCC5)n(CCCc5cn(CCc6ccccc6)nn5)c4)n(C)c3)cn2)cc1. The Hall–Kier alpha value is -6.84. The van der Waals surface area contributed by atoms with Crippen LogP contribution in [0.5, 0.6) is 5.75 Å². The Labute approximate surface area is 349 Å². The predicted octanol–water partition coefficient (Wildman–Crippen LogP) is 5.43. The van der Waals surface area contributed by atoms with Gasteiger partial charge in [0, 0.05) is 71.1 Å². The topological polar surface area (TPSA) is 162 Å². The van der Waals surface area contributed by atoms with E-state index in [0.29, 0.717) is 73.2 Å². The lowest BCUT2D eigenvalue weighted by Gasteiger charge is -2.26. The number of nitrogens with one attached hydrogen (secondary N) is 3. The van der Waals surface area contributed by atoms with Crippen LogP contribution in [0.1, 0.15) is 60.3 Å². The molecule has 3 amide bonds. The van der Waals surface area contributed by atoms with Crippen molar-refractivity contribution in [2.45, 2.75) is 32.4 Å². The van der Waals surface area contributed by atoms with Crippen LogP contribution in [0.25, 0.3) is 12.2 Å². The van der Waals surface area contributed by atoms with E-state index in [1.807, 2.05) is 70.1 Å². The van der Waals surface area contributed by atoms with Crippen molar-refractivity contribution < 1.29 is 23.9 Å². The van der Waals surface area contributed by atoms with Crippen molar-refractivity contribution in [1.82, 2.24) is 39.3 Å². The number of aromatic nitrogens is 6. The number of rotatable bonds is 18. The summed E-state index contributed by atoms with van der Waals surface area (Å²) < 4.78 is 16.0. The molecule has 0 bridgehead atoms. The monoisotopic (exact) mass is 810 g/mol. The molecule has 3 N–H and O–H groups in total. The maximum atomic E-state index is 13.6. The van der Waals surface area contributed by atoms with Crippen LogP contribution in [0.3, 0.4) is 0 Å². The molecule has 15 nitrogen and oxygen atoms in total. The molecule has 60 heavy (non-hydrogen) atoms. The molecule has 7 rings (SSSR count). The number of anilines is 2. The second-order valence-electron chi connectivity index (χ2n) is 14.5. The number of benzene rings is 2. The zero-order valence-electron chi connectivity index (χ0n) is 33.9. The summed E-state index contributed by atoms with van der Waals surface area (Å²) in [6.45, 7) is 5.50. The van der Waals surface area contributed by atoms with E-state index in [2.05, 4.69) is 48.3 Å². The molecule has 0 aliphatic carbocycles. The number of hydrogen-bond acceptors (Lipinski definition) is 9. The summed E-state index contributed by atoms with van der Waals surface area (Å²) >= 11 is 0. The maximum absolute atomic E-state index is 13.6. The van der Waals surface area contributed by atoms with Crippen molar-refractivity contribution in [2.75, 3.05) is 57.1 Å². The number of methoxy groups -OCH3 is 1. The third kappa shape index (κ3) is 11.4. The highest BCUT2D eigenvalue weighted by molar-refractivity contribution is 6.07. The zero-order chi connectivity index (χ0) is 41.7. The fourth-order valence-corrected chi connectivity index (χ4v) is 6.87. The number of hydrogen-bond donors (Lipinski definition) is 3. The number of carbonyl (C=O) groups excluding carboxylic acids is 3. The fraction of sp³-hybridized carbons (Fsp3) is 0.289. The largest absolute Gasteiger partial charge is 0.497 e. The normalized spacial score (nSPS) is 13.0. The Morgan fingerprint density at radius 2 is 1.57 bits per heavy atom. The van der Waals surface area contributed by atoms with Gasteiger partial charge in [-0.05, 0) is 72.9 Å². The zero-order valence-corrected chi connectivity index (χ0v) is 33.9. The van der Waals surface area contributed by atoms with Crippen LogP contribution in [-0.2, 0) is 37.7 Å². The molecule has 0 radical (unpaired) electrons. The number of nitrogens with zero attached hydrogens (tertiary/aromatic N) is 7. The van der Waals surface area contributed by atoms with Crippen molar-refractivity contribution in [3.63, 3.8) is 0 Å². The molecule has 0 unspecified atom stereocenters. The average molecular weight is 811 g/mol. The van der Waals surface area contributed by atoms with Crippen LogP contribution in [0.15, 0.2) is 104 Å². The number of aryl methyl sites for hydroxylation is 5. The standard InChI is InChI=1S/C45H50N10O5/c1-52-30-38(48-43(56)35-13-15-36(47-29-35)14-10-34-11-16-40(59-2)17-12-34)27-41(52)45(58)49-39-28-42(44(57)46-19-22-53-23-25-60-26-24-53)54(31-39)20-6-9-37-32-55(51-50-37)21-18-33-7-4-3-5-8-33/h3-5,7-8,10-17,27-32H,6,9,18-26H2,1-2H3,(H,46,57)(H,48,56)(H,49,58)/b14-10+. The smallest absolute Gasteiger partial charge is 0.272 e. The van der Waals surface area contributed by atoms with Gasteiger partial charge < -0.3 is 34.6 Å². The second kappa shape index (κ2) is 20.2. The number of pyridine rings is 1. The van der Waals surface area contributed by atoms with E-state index in [-0.39, 0.29) is 11.8 Å². The van der Waals surface area contributed by atoms with E-state index in [9.17, 15) is 14.4 Å². The minimum Gasteiger partial charge on any atom is -0.497 e. The van der Waals surface area contributed by atoms with Crippen molar-refractivity contribution in [3.05, 3.63) is 143 Å². The van der Waals surface area contributed by atoms with Crippen molar-refractivity contribution >= 4 is 41.2 Å². The summed E-state index contributed by atoms with van der Waals surface area (Å²) in [5.74, 6) is -0.197. The van der Waals surface area contributed by atoms with Crippen LogP contribution in [0.4, 0.5) is 11.4 Å². The Morgan fingerprint density at radius 1 is 0.800 bits per heavy atom. The average Bonchev–Trinajstić information content (AvgIpc) is 4.01. The van der Waals surface area contributed by atoms with Crippen LogP contribution in [0.2, 0.25) is 0 Å². The number of ether oxygens (including phenoxy) is 2. The van der Waals surface area contributed by atoms with E-state index in [1.54, 1.807) is 55.4 Å². The Balaban J connectivity index is 0.961. The van der Waals surface area contributed by atoms with Crippen molar-refractivity contribution in [2.24, 2.45) is 7.05 Å². The van der Waals surface area contributed by atoms with Crippen molar-refractivity contribution in [1.29, 1.82) is 0 Å². The molecule has 0 spiro atoms. The van der Waals surface area contributed by atoms with Gasteiger partial charge in [-0.1, -0.05) is 53.8 Å². The van der Waals surface area contributed by atoms with Gasteiger partial charge in [-0.3, -0.25) is 28.9 Å². The highest BCUT2D eigenvalue weighted by Crippen LogP contribution is 2.20. The summed E-state index contributed by atoms with van der Waals surface area (Å²) in [6, 6.07) is 24.7. The Kier molecular flexibility index (Phi) is 13.9. The summed E-state index contributed by atoms with van der Waals surface area (Å²) in [6.07, 6.45) is 13.0. The van der Waals surface area contributed by atoms with Crippen LogP contribution >= 0.6 is 0 Å². The molecule has 310 valence electrons. The van der Waals surface area contributed by atoms with E-state index >= 15 is 0 Å². The molecule has 0 atom stereocenters. The quantitative estimate of drug-likeness (QED) is 0.103. The van der Waals surface area contributed by atoms with Gasteiger partial charge in [0.1, 0.15) is 17.1 Å². The molecular weight excluding hydrogens is 761 g/mol. The number of carbonyl (C=O) groups is 3. The summed E-state index contributed by atoms with van der Waals surface area (Å²) in [5.41, 5.74) is 5.86. The first-order chi connectivity index (χ1) is 29.3. The lowest BCUT2D eigenvalue weighted by atomic mass is 10.1. The molecule has 2 aromatic carbocycles. The lowest BCUT2D eigenvalue weighted by Crippen LogP contribution is -2.41. The second-order valence-corrected chi connectivity index (χ2v) is 14.5. The molecule has 1 fully saturated rings. The Morgan fingerprint density at radius 3 is 2.33 bits per heavy atom. The van der Waals surface area contributed by atoms with Gasteiger partial charge in [-0.15, -0.1) is 5.10 Å². The maximum Gasteiger partial charge on any atom is 0.272 e. The first kappa shape index (κ1) is 41.3. The first-order valence-corrected chi connectivity index (χ1v) is 20.1. The van der Waals surface area contributed by atoms with Crippen molar-refractivity contribution in [3.8, 4) is 5.75 Å². The molecule has 15 heteroatoms. The Bertz CT molecular complexity index is 2380. The molecule has 1 saturated heterocycles. The number of amides is 3. The summed E-state index contributed by atoms with van der Waals surface area (Å²) in [7, 11) is 3.36. The van der Waals surface area contributed by atoms with Gasteiger partial charge in [0.15, 0.2) is 0 Å². The third-order valence-electron chi connectivity index (χ3n) is 10.2. The number of morpholine rings is 1. The van der Waals surface area contributed by atoms with Gasteiger partial charge in [-0.2, -0.15) is 0 Å². The minimum absolute atomic E-state index is 0.227. The minimum atomic E-state index is -0.392. The van der Waals surface area contributed by atoms with Crippen LogP contribution < -0.4 is 20.7 Å².